The Hall–Kier alpha value is -0.700. The van der Waals surface area contributed by atoms with E-state index < -0.39 is 34.7 Å². The molecule has 1 heterocycles. The Kier molecular flexibility index (Phi) is 4.63. The van der Waals surface area contributed by atoms with Gasteiger partial charge < -0.3 is 0 Å². The van der Waals surface area contributed by atoms with Gasteiger partial charge in [-0.2, -0.15) is 4.31 Å². The molecule has 2 rings (SSSR count). The molecular formula is C12H15ClFNO4S2. The Morgan fingerprint density at radius 1 is 1.29 bits per heavy atom. The van der Waals surface area contributed by atoms with E-state index in [2.05, 4.69) is 0 Å². The third-order valence-corrected chi connectivity index (χ3v) is 6.67. The third kappa shape index (κ3) is 3.56. The predicted molar refractivity (Wildman–Crippen MR) is 76.6 cm³/mol. The molecule has 0 N–H and O–H groups in total. The fourth-order valence-electron chi connectivity index (χ4n) is 2.35. The second-order valence-corrected chi connectivity index (χ2v) is 9.61. The van der Waals surface area contributed by atoms with E-state index in [4.69, 9.17) is 10.7 Å². The molecule has 0 amide bonds. The molecule has 21 heavy (non-hydrogen) atoms. The average Bonchev–Trinajstić information content (AvgIpc) is 2.37. The second-order valence-electron chi connectivity index (χ2n) is 5.14. The van der Waals surface area contributed by atoms with Gasteiger partial charge in [0.15, 0.2) is 0 Å². The monoisotopic (exact) mass is 355 g/mol. The van der Waals surface area contributed by atoms with Gasteiger partial charge >= 0.3 is 0 Å². The van der Waals surface area contributed by atoms with Crippen molar-refractivity contribution in [2.75, 3.05) is 13.1 Å². The quantitative estimate of drug-likeness (QED) is 0.779. The zero-order valence-electron chi connectivity index (χ0n) is 11.3. The molecular weight excluding hydrogens is 341 g/mol. The zero-order chi connectivity index (χ0) is 15.8. The van der Waals surface area contributed by atoms with Crippen LogP contribution in [0.25, 0.3) is 0 Å². The first-order valence-corrected chi connectivity index (χ1v) is 10.1. The summed E-state index contributed by atoms with van der Waals surface area (Å²) in [6.07, 6.45) is 1.65. The van der Waals surface area contributed by atoms with Gasteiger partial charge in [0, 0.05) is 23.8 Å². The number of hydrogen-bond acceptors (Lipinski definition) is 4. The van der Waals surface area contributed by atoms with Gasteiger partial charge in [0.25, 0.3) is 9.05 Å². The Morgan fingerprint density at radius 2 is 1.95 bits per heavy atom. The van der Waals surface area contributed by atoms with Crippen molar-refractivity contribution in [1.29, 1.82) is 0 Å². The smallest absolute Gasteiger partial charge is 0.207 e. The minimum Gasteiger partial charge on any atom is -0.207 e. The Bertz CT molecular complexity index is 749. The van der Waals surface area contributed by atoms with Crippen molar-refractivity contribution in [2.45, 2.75) is 29.6 Å². The van der Waals surface area contributed by atoms with Crippen LogP contribution in [-0.4, -0.2) is 34.2 Å². The number of sulfonamides is 1. The lowest BCUT2D eigenvalue weighted by Crippen LogP contribution is -2.39. The molecule has 1 fully saturated rings. The van der Waals surface area contributed by atoms with Gasteiger partial charge in [-0.05, 0) is 37.0 Å². The predicted octanol–water partition coefficient (Wildman–Crippen LogP) is 2.17. The number of piperidine rings is 1. The van der Waals surface area contributed by atoms with E-state index in [9.17, 15) is 21.2 Å². The number of halogens is 2. The molecule has 1 unspecified atom stereocenters. The largest absolute Gasteiger partial charge is 0.261 e. The van der Waals surface area contributed by atoms with E-state index in [1.54, 1.807) is 0 Å². The first-order valence-electron chi connectivity index (χ1n) is 6.37. The summed E-state index contributed by atoms with van der Waals surface area (Å²) in [5.74, 6) is -0.908. The summed E-state index contributed by atoms with van der Waals surface area (Å²) in [5.41, 5.74) is 0. The molecule has 0 bridgehead atoms. The summed E-state index contributed by atoms with van der Waals surface area (Å²) in [6.45, 7) is 2.60. The molecule has 1 atom stereocenters. The fourth-order valence-corrected chi connectivity index (χ4v) is 4.75. The van der Waals surface area contributed by atoms with Gasteiger partial charge in [0.1, 0.15) is 10.7 Å². The van der Waals surface area contributed by atoms with Gasteiger partial charge in [-0.15, -0.1) is 0 Å². The fraction of sp³-hybridized carbons (Fsp3) is 0.500. The molecule has 1 aromatic carbocycles. The standard InChI is InChI=1S/C12H15ClFNO4S2/c1-9-3-2-6-15(8-9)21(18,19)12-5-4-10(7-11(12)14)20(13,16)17/h4-5,7,9H,2-3,6,8H2,1H3. The maximum atomic E-state index is 14.0. The normalized spacial score (nSPS) is 21.4. The average molecular weight is 356 g/mol. The Balaban J connectivity index is 2.41. The number of hydrogen-bond donors (Lipinski definition) is 0. The molecule has 0 saturated carbocycles. The van der Waals surface area contributed by atoms with Crippen molar-refractivity contribution < 1.29 is 21.2 Å². The summed E-state index contributed by atoms with van der Waals surface area (Å²) >= 11 is 0. The first-order chi connectivity index (χ1) is 9.62. The minimum absolute atomic E-state index is 0.207. The lowest BCUT2D eigenvalue weighted by molar-refractivity contribution is 0.280. The Labute approximate surface area is 128 Å². The van der Waals surface area contributed by atoms with E-state index in [0.717, 1.165) is 25.0 Å². The lowest BCUT2D eigenvalue weighted by Gasteiger charge is -2.30. The van der Waals surface area contributed by atoms with E-state index in [1.165, 1.54) is 4.31 Å². The van der Waals surface area contributed by atoms with Crippen molar-refractivity contribution in [3.8, 4) is 0 Å². The molecule has 0 aromatic heterocycles. The van der Waals surface area contributed by atoms with Crippen LogP contribution in [0.4, 0.5) is 4.39 Å². The van der Waals surface area contributed by atoms with E-state index in [-0.39, 0.29) is 5.92 Å². The summed E-state index contributed by atoms with van der Waals surface area (Å²) in [5, 5.41) is 0. The minimum atomic E-state index is -4.10. The van der Waals surface area contributed by atoms with E-state index in [0.29, 0.717) is 19.2 Å². The van der Waals surface area contributed by atoms with Crippen LogP contribution in [0.15, 0.2) is 28.0 Å². The third-order valence-electron chi connectivity index (χ3n) is 3.42. The van der Waals surface area contributed by atoms with Crippen LogP contribution in [0, 0.1) is 11.7 Å². The van der Waals surface area contributed by atoms with Crippen LogP contribution in [-0.2, 0) is 19.1 Å². The number of benzene rings is 1. The van der Waals surface area contributed by atoms with Crippen LogP contribution in [0.1, 0.15) is 19.8 Å². The van der Waals surface area contributed by atoms with Crippen LogP contribution < -0.4 is 0 Å². The highest BCUT2D eigenvalue weighted by Crippen LogP contribution is 2.27. The molecule has 1 aliphatic rings. The topological polar surface area (TPSA) is 71.5 Å². The first kappa shape index (κ1) is 16.7. The SMILES string of the molecule is CC1CCCN(S(=O)(=O)c2ccc(S(=O)(=O)Cl)cc2F)C1. The lowest BCUT2D eigenvalue weighted by atomic mass is 10.0. The molecule has 9 heteroatoms. The van der Waals surface area contributed by atoms with Crippen molar-refractivity contribution in [3.63, 3.8) is 0 Å². The molecule has 1 aromatic rings. The molecule has 5 nitrogen and oxygen atoms in total. The molecule has 0 aliphatic carbocycles. The van der Waals surface area contributed by atoms with E-state index in [1.807, 2.05) is 6.92 Å². The zero-order valence-corrected chi connectivity index (χ0v) is 13.7. The van der Waals surface area contributed by atoms with Crippen molar-refractivity contribution in [1.82, 2.24) is 4.31 Å². The number of nitrogens with zero attached hydrogens (tertiary/aromatic N) is 1. The molecule has 118 valence electrons. The summed E-state index contributed by atoms with van der Waals surface area (Å²) in [6, 6.07) is 2.56. The highest BCUT2D eigenvalue weighted by atomic mass is 35.7. The van der Waals surface area contributed by atoms with Crippen LogP contribution in [0.5, 0.6) is 0 Å². The molecule has 0 radical (unpaired) electrons. The maximum Gasteiger partial charge on any atom is 0.261 e. The van der Waals surface area contributed by atoms with Gasteiger partial charge in [0.2, 0.25) is 10.0 Å². The van der Waals surface area contributed by atoms with Crippen molar-refractivity contribution in [2.24, 2.45) is 5.92 Å². The van der Waals surface area contributed by atoms with Crippen LogP contribution in [0.2, 0.25) is 0 Å². The van der Waals surface area contributed by atoms with Gasteiger partial charge in [-0.1, -0.05) is 6.92 Å². The maximum absolute atomic E-state index is 14.0. The van der Waals surface area contributed by atoms with Gasteiger partial charge in [-0.3, -0.25) is 0 Å². The van der Waals surface area contributed by atoms with Crippen molar-refractivity contribution >= 4 is 29.8 Å². The van der Waals surface area contributed by atoms with Gasteiger partial charge in [-0.25, -0.2) is 21.2 Å². The number of rotatable bonds is 3. The highest BCUT2D eigenvalue weighted by molar-refractivity contribution is 8.13. The van der Waals surface area contributed by atoms with Crippen LogP contribution in [0.3, 0.4) is 0 Å². The van der Waals surface area contributed by atoms with E-state index >= 15 is 0 Å². The van der Waals surface area contributed by atoms with Gasteiger partial charge in [0.05, 0.1) is 4.90 Å². The molecule has 1 aliphatic heterocycles. The summed E-state index contributed by atoms with van der Waals surface area (Å²) < 4.78 is 62.3. The molecule has 0 spiro atoms. The Morgan fingerprint density at radius 3 is 2.48 bits per heavy atom. The molecule has 1 saturated heterocycles. The van der Waals surface area contributed by atoms with Crippen molar-refractivity contribution in [3.05, 3.63) is 24.0 Å². The summed E-state index contributed by atoms with van der Waals surface area (Å²) in [4.78, 5) is -0.992. The highest BCUT2D eigenvalue weighted by Gasteiger charge is 2.31. The van der Waals surface area contributed by atoms with Crippen LogP contribution >= 0.6 is 10.7 Å². The second kappa shape index (κ2) is 5.83. The summed E-state index contributed by atoms with van der Waals surface area (Å²) in [7, 11) is -2.95.